The van der Waals surface area contributed by atoms with Crippen molar-refractivity contribution >= 4 is 17.4 Å². The number of carbonyl (C=O) groups excluding carboxylic acids is 1. The molecule has 0 aromatic carbocycles. The zero-order valence-corrected chi connectivity index (χ0v) is 12.9. The largest absolute Gasteiger partial charge is 0.391 e. The van der Waals surface area contributed by atoms with Crippen molar-refractivity contribution in [3.05, 3.63) is 15.6 Å². The molecule has 0 radical (unpaired) electrons. The fraction of sp³-hybridized carbons (Fsp3) is 0.714. The Labute approximate surface area is 130 Å². The third-order valence-corrected chi connectivity index (χ3v) is 5.43. The minimum Gasteiger partial charge on any atom is -0.331 e. The SMILES string of the molecule is O=C(NCc1nc2c(s1)CCC2)N1CCC(C(F)(F)F)CC1. The molecule has 0 unspecified atom stereocenters. The van der Waals surface area contributed by atoms with Crippen molar-refractivity contribution in [2.24, 2.45) is 5.92 Å². The van der Waals surface area contributed by atoms with Gasteiger partial charge in [-0.05, 0) is 32.1 Å². The number of alkyl halides is 3. The van der Waals surface area contributed by atoms with Crippen molar-refractivity contribution < 1.29 is 18.0 Å². The zero-order chi connectivity index (χ0) is 15.7. The van der Waals surface area contributed by atoms with E-state index in [-0.39, 0.29) is 32.0 Å². The van der Waals surface area contributed by atoms with E-state index >= 15 is 0 Å². The number of hydrogen-bond donors (Lipinski definition) is 1. The summed E-state index contributed by atoms with van der Waals surface area (Å²) in [5.74, 6) is -1.28. The molecule has 0 atom stereocenters. The predicted molar refractivity (Wildman–Crippen MR) is 76.7 cm³/mol. The lowest BCUT2D eigenvalue weighted by molar-refractivity contribution is -0.183. The number of aromatic nitrogens is 1. The lowest BCUT2D eigenvalue weighted by Crippen LogP contribution is -2.46. The Hall–Kier alpha value is -1.31. The van der Waals surface area contributed by atoms with E-state index in [1.54, 1.807) is 11.3 Å². The lowest BCUT2D eigenvalue weighted by Gasteiger charge is -2.32. The maximum Gasteiger partial charge on any atom is 0.391 e. The Balaban J connectivity index is 1.46. The molecule has 2 amide bonds. The molecule has 1 fully saturated rings. The maximum atomic E-state index is 12.6. The normalized spacial score (nSPS) is 19.3. The fourth-order valence-electron chi connectivity index (χ4n) is 2.99. The van der Waals surface area contributed by atoms with E-state index < -0.39 is 12.1 Å². The van der Waals surface area contributed by atoms with E-state index in [0.29, 0.717) is 6.54 Å². The van der Waals surface area contributed by atoms with E-state index in [4.69, 9.17) is 0 Å². The molecule has 1 aliphatic heterocycles. The van der Waals surface area contributed by atoms with Crippen LogP contribution in [0.15, 0.2) is 0 Å². The van der Waals surface area contributed by atoms with Crippen molar-refractivity contribution in [1.29, 1.82) is 0 Å². The molecule has 1 aromatic heterocycles. The van der Waals surface area contributed by atoms with E-state index in [1.165, 1.54) is 9.78 Å². The highest BCUT2D eigenvalue weighted by molar-refractivity contribution is 7.11. The van der Waals surface area contributed by atoms with Crippen molar-refractivity contribution in [2.45, 2.75) is 44.8 Å². The highest BCUT2D eigenvalue weighted by Crippen LogP contribution is 2.34. The molecule has 2 aliphatic rings. The van der Waals surface area contributed by atoms with Gasteiger partial charge < -0.3 is 10.2 Å². The molecule has 4 nitrogen and oxygen atoms in total. The van der Waals surface area contributed by atoms with Crippen LogP contribution >= 0.6 is 11.3 Å². The van der Waals surface area contributed by atoms with Gasteiger partial charge in [-0.15, -0.1) is 11.3 Å². The number of carbonyl (C=O) groups is 1. The second kappa shape index (κ2) is 6.06. The minimum absolute atomic E-state index is 0.0114. The van der Waals surface area contributed by atoms with Crippen molar-refractivity contribution in [2.75, 3.05) is 13.1 Å². The number of nitrogens with zero attached hydrogens (tertiary/aromatic N) is 2. The van der Waals surface area contributed by atoms with Gasteiger partial charge in [0.15, 0.2) is 0 Å². The highest BCUT2D eigenvalue weighted by atomic mass is 32.1. The van der Waals surface area contributed by atoms with Crippen LogP contribution in [-0.4, -0.2) is 35.2 Å². The molecule has 0 saturated carbocycles. The Morgan fingerprint density at radius 1 is 1.32 bits per heavy atom. The van der Waals surface area contributed by atoms with Gasteiger partial charge in [0.2, 0.25) is 0 Å². The van der Waals surface area contributed by atoms with Gasteiger partial charge in [0, 0.05) is 18.0 Å². The molecule has 3 rings (SSSR count). The highest BCUT2D eigenvalue weighted by Gasteiger charge is 2.41. The van der Waals surface area contributed by atoms with Crippen LogP contribution in [0, 0.1) is 5.92 Å². The number of hydrogen-bond acceptors (Lipinski definition) is 3. The Kier molecular flexibility index (Phi) is 4.29. The molecule has 0 bridgehead atoms. The van der Waals surface area contributed by atoms with Crippen LogP contribution in [0.1, 0.15) is 34.8 Å². The second-order valence-corrected chi connectivity index (χ2v) is 6.96. The molecule has 0 spiro atoms. The van der Waals surface area contributed by atoms with E-state index in [2.05, 4.69) is 10.3 Å². The molecular weight excluding hydrogens is 315 g/mol. The van der Waals surface area contributed by atoms with Gasteiger partial charge >= 0.3 is 12.2 Å². The third kappa shape index (κ3) is 3.37. The van der Waals surface area contributed by atoms with Gasteiger partial charge in [-0.1, -0.05) is 0 Å². The monoisotopic (exact) mass is 333 g/mol. The summed E-state index contributed by atoms with van der Waals surface area (Å²) in [5, 5.41) is 3.64. The van der Waals surface area contributed by atoms with Crippen LogP contribution in [0.3, 0.4) is 0 Å². The number of rotatable bonds is 2. The molecular formula is C14H18F3N3OS. The quantitative estimate of drug-likeness (QED) is 0.904. The van der Waals surface area contributed by atoms with E-state index in [9.17, 15) is 18.0 Å². The first-order valence-corrected chi connectivity index (χ1v) is 8.32. The smallest absolute Gasteiger partial charge is 0.331 e. The van der Waals surface area contributed by atoms with Crippen molar-refractivity contribution in [3.63, 3.8) is 0 Å². The van der Waals surface area contributed by atoms with Gasteiger partial charge in [-0.3, -0.25) is 0 Å². The number of amides is 2. The van der Waals surface area contributed by atoms with Crippen molar-refractivity contribution in [3.8, 4) is 0 Å². The van der Waals surface area contributed by atoms with Crippen LogP contribution in [0.4, 0.5) is 18.0 Å². The summed E-state index contributed by atoms with van der Waals surface area (Å²) in [6, 6.07) is -0.295. The summed E-state index contributed by atoms with van der Waals surface area (Å²) in [7, 11) is 0. The van der Waals surface area contributed by atoms with Crippen molar-refractivity contribution in [1.82, 2.24) is 15.2 Å². The average Bonchev–Trinajstić information content (AvgIpc) is 3.05. The summed E-state index contributed by atoms with van der Waals surface area (Å²) in [4.78, 5) is 19.3. The number of halogens is 3. The zero-order valence-electron chi connectivity index (χ0n) is 12.1. The van der Waals surface area contributed by atoms with E-state index in [0.717, 1.165) is 30.0 Å². The summed E-state index contributed by atoms with van der Waals surface area (Å²) < 4.78 is 37.8. The topological polar surface area (TPSA) is 45.2 Å². The average molecular weight is 333 g/mol. The molecule has 1 aliphatic carbocycles. The first-order chi connectivity index (χ1) is 10.4. The Morgan fingerprint density at radius 3 is 2.68 bits per heavy atom. The minimum atomic E-state index is -4.15. The Morgan fingerprint density at radius 2 is 2.05 bits per heavy atom. The second-order valence-electron chi connectivity index (χ2n) is 5.79. The van der Waals surface area contributed by atoms with Gasteiger partial charge in [-0.2, -0.15) is 13.2 Å². The molecule has 2 heterocycles. The van der Waals surface area contributed by atoms with Gasteiger partial charge in [0.25, 0.3) is 0 Å². The molecule has 122 valence electrons. The predicted octanol–water partition coefficient (Wildman–Crippen LogP) is 3.12. The summed E-state index contributed by atoms with van der Waals surface area (Å²) in [5.41, 5.74) is 1.14. The first-order valence-electron chi connectivity index (χ1n) is 7.50. The van der Waals surface area contributed by atoms with E-state index in [1.807, 2.05) is 0 Å². The number of thiazole rings is 1. The molecule has 8 heteroatoms. The van der Waals surface area contributed by atoms with Gasteiger partial charge in [0.05, 0.1) is 18.2 Å². The van der Waals surface area contributed by atoms with Crippen LogP contribution in [-0.2, 0) is 19.4 Å². The number of fused-ring (bicyclic) bond motifs is 1. The van der Waals surface area contributed by atoms with Gasteiger partial charge in [0.1, 0.15) is 5.01 Å². The fourth-order valence-corrected chi connectivity index (χ4v) is 4.09. The summed E-state index contributed by atoms with van der Waals surface area (Å²) in [6.07, 6.45) is -0.958. The molecule has 1 aromatic rings. The standard InChI is InChI=1S/C14H18F3N3OS/c15-14(16,17)9-4-6-20(7-5-9)13(21)18-8-12-19-10-2-1-3-11(10)22-12/h9H,1-8H2,(H,18,21). The maximum absolute atomic E-state index is 12.6. The summed E-state index contributed by atoms with van der Waals surface area (Å²) in [6.45, 7) is 0.671. The molecule has 1 N–H and O–H groups in total. The van der Waals surface area contributed by atoms with Crippen LogP contribution in [0.25, 0.3) is 0 Å². The van der Waals surface area contributed by atoms with Crippen LogP contribution in [0.2, 0.25) is 0 Å². The van der Waals surface area contributed by atoms with Gasteiger partial charge in [-0.25, -0.2) is 9.78 Å². The number of urea groups is 1. The first kappa shape index (κ1) is 15.6. The molecule has 22 heavy (non-hydrogen) atoms. The van der Waals surface area contributed by atoms with Crippen LogP contribution < -0.4 is 5.32 Å². The number of likely N-dealkylation sites (tertiary alicyclic amines) is 1. The number of aryl methyl sites for hydroxylation is 2. The Bertz CT molecular complexity index is 529. The summed E-state index contributed by atoms with van der Waals surface area (Å²) >= 11 is 1.62. The van der Waals surface area contributed by atoms with Crippen LogP contribution in [0.5, 0.6) is 0 Å². The lowest BCUT2D eigenvalue weighted by atomic mass is 9.96. The number of nitrogens with one attached hydrogen (secondary N) is 1. The third-order valence-electron chi connectivity index (χ3n) is 4.28. The number of piperidine rings is 1. The molecule has 1 saturated heterocycles.